The molecule has 0 saturated carbocycles. The number of para-hydroxylation sites is 1. The number of rotatable bonds is 3. The van der Waals surface area contributed by atoms with Gasteiger partial charge in [0.1, 0.15) is 11.3 Å². The van der Waals surface area contributed by atoms with Crippen LogP contribution < -0.4 is 0 Å². The van der Waals surface area contributed by atoms with Crippen molar-refractivity contribution < 1.29 is 4.42 Å². The summed E-state index contributed by atoms with van der Waals surface area (Å²) >= 11 is 0. The predicted molar refractivity (Wildman–Crippen MR) is 102 cm³/mol. The maximum Gasteiger partial charge on any atom is 0.135 e. The standard InChI is InChI=1S/C23H15NO/c24-16-21-7-2-1-5-18(21)12-9-17-10-13-19(14-11-17)23-15-20-6-3-4-8-22(20)25-23/h1-15H. The number of fused-ring (bicyclic) bond motifs is 1. The molecule has 118 valence electrons. The van der Waals surface area contributed by atoms with Gasteiger partial charge in [0, 0.05) is 10.9 Å². The highest BCUT2D eigenvalue weighted by Crippen LogP contribution is 2.28. The molecule has 0 saturated heterocycles. The van der Waals surface area contributed by atoms with E-state index in [2.05, 4.69) is 12.1 Å². The lowest BCUT2D eigenvalue weighted by Crippen LogP contribution is -1.80. The SMILES string of the molecule is N#Cc1ccccc1C=Cc1ccc(-c2cc3ccccc3o2)cc1. The summed E-state index contributed by atoms with van der Waals surface area (Å²) in [6, 6.07) is 28.0. The molecule has 0 radical (unpaired) electrons. The van der Waals surface area contributed by atoms with Crippen LogP contribution >= 0.6 is 0 Å². The number of hydrogen-bond acceptors (Lipinski definition) is 2. The van der Waals surface area contributed by atoms with Gasteiger partial charge in [-0.2, -0.15) is 5.26 Å². The van der Waals surface area contributed by atoms with Crippen molar-refractivity contribution in [2.45, 2.75) is 0 Å². The summed E-state index contributed by atoms with van der Waals surface area (Å²) in [5, 5.41) is 10.2. The second kappa shape index (κ2) is 6.51. The van der Waals surface area contributed by atoms with Crippen LogP contribution in [-0.4, -0.2) is 0 Å². The van der Waals surface area contributed by atoms with E-state index in [-0.39, 0.29) is 0 Å². The Morgan fingerprint density at radius 2 is 1.56 bits per heavy atom. The molecule has 0 amide bonds. The molecule has 0 aliphatic rings. The Morgan fingerprint density at radius 1 is 0.800 bits per heavy atom. The summed E-state index contributed by atoms with van der Waals surface area (Å²) in [6.45, 7) is 0. The third-order valence-electron chi connectivity index (χ3n) is 4.16. The van der Waals surface area contributed by atoms with Crippen LogP contribution in [0, 0.1) is 11.3 Å². The smallest absolute Gasteiger partial charge is 0.135 e. The van der Waals surface area contributed by atoms with Crippen LogP contribution in [0.2, 0.25) is 0 Å². The molecule has 0 aliphatic heterocycles. The van der Waals surface area contributed by atoms with Gasteiger partial charge in [-0.3, -0.25) is 0 Å². The Kier molecular flexibility index (Phi) is 3.90. The van der Waals surface area contributed by atoms with Gasteiger partial charge in [-0.05, 0) is 29.3 Å². The molecule has 0 spiro atoms. The third kappa shape index (κ3) is 3.08. The van der Waals surface area contributed by atoms with E-state index >= 15 is 0 Å². The summed E-state index contributed by atoms with van der Waals surface area (Å²) in [5.74, 6) is 0.867. The summed E-state index contributed by atoms with van der Waals surface area (Å²) in [5.41, 5.74) is 4.62. The predicted octanol–water partition coefficient (Wildman–Crippen LogP) is 6.14. The van der Waals surface area contributed by atoms with Gasteiger partial charge in [0.25, 0.3) is 0 Å². The van der Waals surface area contributed by atoms with Crippen LogP contribution in [0.4, 0.5) is 0 Å². The van der Waals surface area contributed by atoms with Gasteiger partial charge < -0.3 is 4.42 Å². The molecule has 0 unspecified atom stereocenters. The minimum Gasteiger partial charge on any atom is -0.456 e. The van der Waals surface area contributed by atoms with E-state index in [0.29, 0.717) is 5.56 Å². The highest BCUT2D eigenvalue weighted by molar-refractivity contribution is 5.83. The van der Waals surface area contributed by atoms with Gasteiger partial charge in [0.2, 0.25) is 0 Å². The zero-order valence-corrected chi connectivity index (χ0v) is 13.5. The van der Waals surface area contributed by atoms with Crippen molar-refractivity contribution >= 4 is 23.1 Å². The minimum atomic E-state index is 0.678. The Hall–Kier alpha value is -3.57. The first-order chi connectivity index (χ1) is 12.3. The van der Waals surface area contributed by atoms with Crippen molar-refractivity contribution in [1.29, 1.82) is 5.26 Å². The molecule has 0 atom stereocenters. The van der Waals surface area contributed by atoms with E-state index in [4.69, 9.17) is 9.68 Å². The number of furan rings is 1. The van der Waals surface area contributed by atoms with Crippen LogP contribution in [0.1, 0.15) is 16.7 Å². The first-order valence-electron chi connectivity index (χ1n) is 8.10. The maximum atomic E-state index is 9.14. The van der Waals surface area contributed by atoms with E-state index < -0.39 is 0 Å². The van der Waals surface area contributed by atoms with Gasteiger partial charge in [-0.25, -0.2) is 0 Å². The normalized spacial score (nSPS) is 11.0. The second-order valence-corrected chi connectivity index (χ2v) is 5.80. The number of hydrogen-bond donors (Lipinski definition) is 0. The van der Waals surface area contributed by atoms with Gasteiger partial charge >= 0.3 is 0 Å². The molecule has 2 heteroatoms. The van der Waals surface area contributed by atoms with Crippen molar-refractivity contribution in [2.24, 2.45) is 0 Å². The minimum absolute atomic E-state index is 0.678. The molecule has 4 aromatic rings. The Balaban J connectivity index is 1.60. The molecule has 25 heavy (non-hydrogen) atoms. The van der Waals surface area contributed by atoms with Crippen LogP contribution in [-0.2, 0) is 0 Å². The molecular weight excluding hydrogens is 306 g/mol. The molecule has 1 heterocycles. The summed E-state index contributed by atoms with van der Waals surface area (Å²) < 4.78 is 5.90. The highest BCUT2D eigenvalue weighted by atomic mass is 16.3. The molecular formula is C23H15NO. The molecule has 0 fully saturated rings. The zero-order chi connectivity index (χ0) is 17.1. The fraction of sp³-hybridized carbons (Fsp3) is 0. The zero-order valence-electron chi connectivity index (χ0n) is 13.5. The van der Waals surface area contributed by atoms with Gasteiger partial charge in [-0.1, -0.05) is 72.8 Å². The van der Waals surface area contributed by atoms with Crippen LogP contribution in [0.3, 0.4) is 0 Å². The quantitative estimate of drug-likeness (QED) is 0.425. The van der Waals surface area contributed by atoms with E-state index in [0.717, 1.165) is 33.4 Å². The molecule has 1 aromatic heterocycles. The summed E-state index contributed by atoms with van der Waals surface area (Å²) in [6.07, 6.45) is 3.98. The van der Waals surface area contributed by atoms with Crippen molar-refractivity contribution in [2.75, 3.05) is 0 Å². The maximum absolute atomic E-state index is 9.14. The van der Waals surface area contributed by atoms with Gasteiger partial charge in [0.15, 0.2) is 0 Å². The first-order valence-corrected chi connectivity index (χ1v) is 8.10. The first kappa shape index (κ1) is 15.0. The fourth-order valence-electron chi connectivity index (χ4n) is 2.81. The topological polar surface area (TPSA) is 36.9 Å². The Labute approximate surface area is 146 Å². The lowest BCUT2D eigenvalue weighted by atomic mass is 10.1. The average Bonchev–Trinajstić information content (AvgIpc) is 3.11. The van der Waals surface area contributed by atoms with Crippen molar-refractivity contribution in [3.8, 4) is 17.4 Å². The van der Waals surface area contributed by atoms with E-state index in [1.165, 1.54) is 0 Å². The van der Waals surface area contributed by atoms with Crippen molar-refractivity contribution in [3.63, 3.8) is 0 Å². The van der Waals surface area contributed by atoms with Crippen molar-refractivity contribution in [1.82, 2.24) is 0 Å². The van der Waals surface area contributed by atoms with Crippen LogP contribution in [0.25, 0.3) is 34.4 Å². The molecule has 4 rings (SSSR count). The van der Waals surface area contributed by atoms with E-state index in [1.807, 2.05) is 84.9 Å². The monoisotopic (exact) mass is 321 g/mol. The molecule has 2 nitrogen and oxygen atoms in total. The number of nitrogens with zero attached hydrogens (tertiary/aromatic N) is 1. The Morgan fingerprint density at radius 3 is 2.36 bits per heavy atom. The average molecular weight is 321 g/mol. The number of nitriles is 1. The summed E-state index contributed by atoms with van der Waals surface area (Å²) in [7, 11) is 0. The van der Waals surface area contributed by atoms with Crippen LogP contribution in [0.5, 0.6) is 0 Å². The van der Waals surface area contributed by atoms with E-state index in [1.54, 1.807) is 0 Å². The van der Waals surface area contributed by atoms with Gasteiger partial charge in [-0.15, -0.1) is 0 Å². The summed E-state index contributed by atoms with van der Waals surface area (Å²) in [4.78, 5) is 0. The van der Waals surface area contributed by atoms with E-state index in [9.17, 15) is 0 Å². The largest absolute Gasteiger partial charge is 0.456 e. The molecule has 0 aliphatic carbocycles. The highest BCUT2D eigenvalue weighted by Gasteiger charge is 2.05. The number of benzene rings is 3. The lowest BCUT2D eigenvalue weighted by Gasteiger charge is -1.99. The molecule has 0 N–H and O–H groups in total. The second-order valence-electron chi connectivity index (χ2n) is 5.80. The van der Waals surface area contributed by atoms with Gasteiger partial charge in [0.05, 0.1) is 11.6 Å². The molecule has 0 bridgehead atoms. The lowest BCUT2D eigenvalue weighted by molar-refractivity contribution is 0.631. The fourth-order valence-corrected chi connectivity index (χ4v) is 2.81. The Bertz CT molecular complexity index is 1060. The van der Waals surface area contributed by atoms with Crippen molar-refractivity contribution in [3.05, 3.63) is 95.6 Å². The third-order valence-corrected chi connectivity index (χ3v) is 4.16. The molecule has 3 aromatic carbocycles. The van der Waals surface area contributed by atoms with Crippen LogP contribution in [0.15, 0.2) is 83.3 Å².